The van der Waals surface area contributed by atoms with Crippen LogP contribution >= 0.6 is 0 Å². The molecule has 4 rings (SSSR count). The highest BCUT2D eigenvalue weighted by molar-refractivity contribution is 6.05. The van der Waals surface area contributed by atoms with Gasteiger partial charge in [0.25, 0.3) is 5.91 Å². The minimum atomic E-state index is -0.140. The van der Waals surface area contributed by atoms with Gasteiger partial charge >= 0.3 is 0 Å². The maximum absolute atomic E-state index is 13.1. The van der Waals surface area contributed by atoms with Crippen LogP contribution in [-0.2, 0) is 19.9 Å². The second-order valence-corrected chi connectivity index (χ2v) is 7.93. The van der Waals surface area contributed by atoms with E-state index in [0.717, 1.165) is 41.0 Å². The summed E-state index contributed by atoms with van der Waals surface area (Å²) in [6.45, 7) is 4.19. The summed E-state index contributed by atoms with van der Waals surface area (Å²) < 4.78 is 7.30. The van der Waals surface area contributed by atoms with Crippen molar-refractivity contribution in [2.45, 2.75) is 26.7 Å². The van der Waals surface area contributed by atoms with E-state index in [-0.39, 0.29) is 5.91 Å². The number of aryl methyl sites for hydroxylation is 3. The maximum Gasteiger partial charge on any atom is 0.257 e. The molecule has 0 saturated carbocycles. The zero-order valence-electron chi connectivity index (χ0n) is 19.9. The molecule has 4 aromatic rings. The number of aromatic nitrogens is 3. The van der Waals surface area contributed by atoms with Crippen LogP contribution in [0, 0.1) is 0 Å². The highest BCUT2D eigenvalue weighted by atomic mass is 16.5. The van der Waals surface area contributed by atoms with Crippen LogP contribution in [-0.4, -0.2) is 27.6 Å². The minimum absolute atomic E-state index is 0.140. The summed E-state index contributed by atoms with van der Waals surface area (Å²) in [6.07, 6.45) is 5.22. The standard InChI is InChI=1S/C27H29N5O2/c1-5-18-10-9-11-19(6-2)25(18)31-26(33)20-16-23(32(3)17-20)21-14-15-28-27(29-21)30-22-12-7-8-13-24(22)34-4/h7-17H,5-6H2,1-4H3,(H,31,33)(H,28,29,30). The van der Waals surface area contributed by atoms with Gasteiger partial charge in [0.05, 0.1) is 29.7 Å². The van der Waals surface area contributed by atoms with Gasteiger partial charge in [-0.25, -0.2) is 9.97 Å². The second-order valence-electron chi connectivity index (χ2n) is 7.93. The number of anilines is 3. The molecule has 0 aliphatic carbocycles. The lowest BCUT2D eigenvalue weighted by Crippen LogP contribution is -2.14. The molecule has 0 aliphatic rings. The van der Waals surface area contributed by atoms with Crippen LogP contribution in [0.15, 0.2) is 67.0 Å². The fraction of sp³-hybridized carbons (Fsp3) is 0.222. The first-order valence-electron chi connectivity index (χ1n) is 11.4. The van der Waals surface area contributed by atoms with Crippen molar-refractivity contribution in [2.75, 3.05) is 17.7 Å². The first-order chi connectivity index (χ1) is 16.5. The van der Waals surface area contributed by atoms with Gasteiger partial charge in [-0.15, -0.1) is 0 Å². The highest BCUT2D eigenvalue weighted by Gasteiger charge is 2.16. The van der Waals surface area contributed by atoms with E-state index in [2.05, 4.69) is 46.6 Å². The molecule has 174 valence electrons. The van der Waals surface area contributed by atoms with Crippen LogP contribution in [0.4, 0.5) is 17.3 Å². The number of rotatable bonds is 8. The summed E-state index contributed by atoms with van der Waals surface area (Å²) in [5.74, 6) is 1.01. The van der Waals surface area contributed by atoms with E-state index in [9.17, 15) is 4.79 Å². The summed E-state index contributed by atoms with van der Waals surface area (Å²) in [5.41, 5.74) is 6.04. The van der Waals surface area contributed by atoms with Crippen molar-refractivity contribution in [1.82, 2.24) is 14.5 Å². The average Bonchev–Trinajstić information content (AvgIpc) is 3.26. The third kappa shape index (κ3) is 4.78. The van der Waals surface area contributed by atoms with Gasteiger partial charge < -0.3 is 19.9 Å². The number of amides is 1. The number of benzene rings is 2. The summed E-state index contributed by atoms with van der Waals surface area (Å²) in [5, 5.41) is 6.34. The molecule has 0 radical (unpaired) electrons. The monoisotopic (exact) mass is 455 g/mol. The third-order valence-corrected chi connectivity index (χ3v) is 5.78. The Morgan fingerprint density at radius 2 is 1.76 bits per heavy atom. The molecular formula is C27H29N5O2. The number of para-hydroxylation sites is 3. The van der Waals surface area contributed by atoms with E-state index in [1.807, 2.05) is 60.3 Å². The molecule has 7 heteroatoms. The molecule has 2 heterocycles. The van der Waals surface area contributed by atoms with E-state index in [4.69, 9.17) is 4.74 Å². The Kier molecular flexibility index (Phi) is 6.92. The van der Waals surface area contributed by atoms with Crippen molar-refractivity contribution in [3.63, 3.8) is 0 Å². The number of hydrogen-bond donors (Lipinski definition) is 2. The van der Waals surface area contributed by atoms with Gasteiger partial charge in [0, 0.05) is 25.1 Å². The fourth-order valence-electron chi connectivity index (χ4n) is 3.96. The Morgan fingerprint density at radius 1 is 1.03 bits per heavy atom. The van der Waals surface area contributed by atoms with E-state index >= 15 is 0 Å². The second kappa shape index (κ2) is 10.2. The van der Waals surface area contributed by atoms with Crippen LogP contribution < -0.4 is 15.4 Å². The molecule has 2 N–H and O–H groups in total. The molecule has 0 aliphatic heterocycles. The molecule has 0 atom stereocenters. The van der Waals surface area contributed by atoms with Crippen molar-refractivity contribution >= 4 is 23.2 Å². The zero-order valence-corrected chi connectivity index (χ0v) is 19.9. The molecule has 0 bridgehead atoms. The van der Waals surface area contributed by atoms with Crippen molar-refractivity contribution < 1.29 is 9.53 Å². The molecule has 1 amide bonds. The Balaban J connectivity index is 1.59. The number of nitrogens with one attached hydrogen (secondary N) is 2. The molecule has 0 fully saturated rings. The smallest absolute Gasteiger partial charge is 0.257 e. The Hall–Kier alpha value is -4.13. The van der Waals surface area contributed by atoms with E-state index in [1.165, 1.54) is 0 Å². The quantitative estimate of drug-likeness (QED) is 0.361. The summed E-state index contributed by atoms with van der Waals surface area (Å²) in [6, 6.07) is 17.4. The van der Waals surface area contributed by atoms with Crippen LogP contribution in [0.25, 0.3) is 11.4 Å². The lowest BCUT2D eigenvalue weighted by atomic mass is 10.0. The number of carbonyl (C=O) groups is 1. The van der Waals surface area contributed by atoms with Crippen LogP contribution in [0.1, 0.15) is 35.3 Å². The number of ether oxygens (including phenoxy) is 1. The summed E-state index contributed by atoms with van der Waals surface area (Å²) in [4.78, 5) is 22.1. The predicted molar refractivity (Wildman–Crippen MR) is 136 cm³/mol. The van der Waals surface area contributed by atoms with E-state index in [1.54, 1.807) is 13.3 Å². The lowest BCUT2D eigenvalue weighted by Gasteiger charge is -2.13. The van der Waals surface area contributed by atoms with Gasteiger partial charge in [-0.2, -0.15) is 0 Å². The molecule has 2 aromatic heterocycles. The molecule has 0 spiro atoms. The molecule has 2 aromatic carbocycles. The first kappa shape index (κ1) is 23.0. The maximum atomic E-state index is 13.1. The average molecular weight is 456 g/mol. The SMILES string of the molecule is CCc1cccc(CC)c1NC(=O)c1cc(-c2ccnc(Nc3ccccc3OC)n2)n(C)c1. The number of carbonyl (C=O) groups excluding carboxylic acids is 1. The Bertz CT molecular complexity index is 1290. The largest absolute Gasteiger partial charge is 0.495 e. The Morgan fingerprint density at radius 3 is 2.47 bits per heavy atom. The van der Waals surface area contributed by atoms with Gasteiger partial charge in [-0.3, -0.25) is 4.79 Å². The summed E-state index contributed by atoms with van der Waals surface area (Å²) >= 11 is 0. The van der Waals surface area contributed by atoms with Crippen molar-refractivity contribution in [2.24, 2.45) is 7.05 Å². The fourth-order valence-corrected chi connectivity index (χ4v) is 3.96. The van der Waals surface area contributed by atoms with Gasteiger partial charge in [-0.05, 0) is 48.2 Å². The molecule has 0 unspecified atom stereocenters. The molecule has 0 saturated heterocycles. The molecule has 34 heavy (non-hydrogen) atoms. The van der Waals surface area contributed by atoms with Gasteiger partial charge in [-0.1, -0.05) is 44.2 Å². The topological polar surface area (TPSA) is 81.1 Å². The minimum Gasteiger partial charge on any atom is -0.495 e. The third-order valence-electron chi connectivity index (χ3n) is 5.78. The number of hydrogen-bond acceptors (Lipinski definition) is 5. The first-order valence-corrected chi connectivity index (χ1v) is 11.4. The van der Waals surface area contributed by atoms with Crippen LogP contribution in [0.2, 0.25) is 0 Å². The summed E-state index contributed by atoms with van der Waals surface area (Å²) in [7, 11) is 3.52. The highest BCUT2D eigenvalue weighted by Crippen LogP contribution is 2.28. The zero-order chi connectivity index (χ0) is 24.1. The lowest BCUT2D eigenvalue weighted by molar-refractivity contribution is 0.102. The normalized spacial score (nSPS) is 10.7. The molecular weight excluding hydrogens is 426 g/mol. The Labute approximate surface area is 199 Å². The van der Waals surface area contributed by atoms with Gasteiger partial charge in [0.2, 0.25) is 5.95 Å². The van der Waals surface area contributed by atoms with Gasteiger partial charge in [0.15, 0.2) is 0 Å². The van der Waals surface area contributed by atoms with E-state index in [0.29, 0.717) is 23.0 Å². The van der Waals surface area contributed by atoms with Crippen LogP contribution in [0.5, 0.6) is 5.75 Å². The molecule has 7 nitrogen and oxygen atoms in total. The van der Waals surface area contributed by atoms with Crippen molar-refractivity contribution in [3.05, 3.63) is 83.7 Å². The predicted octanol–water partition coefficient (Wildman–Crippen LogP) is 5.61. The van der Waals surface area contributed by atoms with Crippen LogP contribution in [0.3, 0.4) is 0 Å². The van der Waals surface area contributed by atoms with Gasteiger partial charge in [0.1, 0.15) is 5.75 Å². The number of methoxy groups -OCH3 is 1. The number of nitrogens with zero attached hydrogens (tertiary/aromatic N) is 3. The van der Waals surface area contributed by atoms with E-state index < -0.39 is 0 Å². The van der Waals surface area contributed by atoms with Crippen molar-refractivity contribution in [3.8, 4) is 17.1 Å². The van der Waals surface area contributed by atoms with Crippen molar-refractivity contribution in [1.29, 1.82) is 0 Å².